The van der Waals surface area contributed by atoms with Crippen molar-refractivity contribution in [3.63, 3.8) is 0 Å². The molecule has 2 aromatic carbocycles. The molecule has 4 rings (SSSR count). The molecule has 3 aromatic rings. The molecule has 1 aromatic heterocycles. The van der Waals surface area contributed by atoms with E-state index >= 15 is 0 Å². The van der Waals surface area contributed by atoms with Crippen molar-refractivity contribution in [2.24, 2.45) is 0 Å². The quantitative estimate of drug-likeness (QED) is 0.513. The number of carbonyl (C=O) groups is 1. The fourth-order valence-corrected chi connectivity index (χ4v) is 4.67. The van der Waals surface area contributed by atoms with Gasteiger partial charge < -0.3 is 24.6 Å². The normalized spacial score (nSPS) is 14.6. The van der Waals surface area contributed by atoms with Crippen LogP contribution in [0.4, 0.5) is 11.5 Å². The average molecular weight is 473 g/mol. The summed E-state index contributed by atoms with van der Waals surface area (Å²) >= 11 is 0. The summed E-state index contributed by atoms with van der Waals surface area (Å²) in [6.07, 6.45) is 0. The monoisotopic (exact) mass is 472 g/mol. The third kappa shape index (κ3) is 5.69. The minimum atomic E-state index is -3.72. The Morgan fingerprint density at radius 2 is 1.88 bits per heavy atom. The summed E-state index contributed by atoms with van der Waals surface area (Å²) in [6.45, 7) is 2.84. The Labute approximate surface area is 191 Å². The lowest BCUT2D eigenvalue weighted by Crippen LogP contribution is -2.40. The van der Waals surface area contributed by atoms with E-state index in [2.05, 4.69) is 15.8 Å². The zero-order valence-corrected chi connectivity index (χ0v) is 18.8. The lowest BCUT2D eigenvalue weighted by molar-refractivity contribution is -0.114. The van der Waals surface area contributed by atoms with Gasteiger partial charge in [-0.15, -0.1) is 0 Å². The molecule has 1 fully saturated rings. The second-order valence-electron chi connectivity index (χ2n) is 7.31. The molecule has 0 unspecified atom stereocenters. The number of sulfonamides is 1. The number of benzene rings is 2. The van der Waals surface area contributed by atoms with Crippen molar-refractivity contribution in [2.75, 3.05) is 43.5 Å². The van der Waals surface area contributed by atoms with Crippen LogP contribution < -0.4 is 15.4 Å². The van der Waals surface area contributed by atoms with E-state index in [0.29, 0.717) is 42.0 Å². The van der Waals surface area contributed by atoms with E-state index in [4.69, 9.17) is 14.0 Å². The molecule has 0 aliphatic carbocycles. The van der Waals surface area contributed by atoms with Gasteiger partial charge in [-0.2, -0.15) is 4.31 Å². The van der Waals surface area contributed by atoms with E-state index in [1.54, 1.807) is 31.2 Å². The number of carbonyl (C=O) groups excluding carboxylic acids is 1. The van der Waals surface area contributed by atoms with Gasteiger partial charge in [0, 0.05) is 19.2 Å². The molecule has 2 N–H and O–H groups in total. The number of ether oxygens (including phenoxy) is 2. The number of morpholine rings is 1. The van der Waals surface area contributed by atoms with Crippen LogP contribution in [-0.2, 0) is 19.6 Å². The largest absolute Gasteiger partial charge is 0.455 e. The van der Waals surface area contributed by atoms with Crippen LogP contribution in [0.15, 0.2) is 64.0 Å². The zero-order chi connectivity index (χ0) is 23.3. The van der Waals surface area contributed by atoms with Crippen LogP contribution in [0.5, 0.6) is 11.5 Å². The highest BCUT2D eigenvalue weighted by atomic mass is 32.2. The fourth-order valence-electron chi connectivity index (χ4n) is 3.24. The summed E-state index contributed by atoms with van der Waals surface area (Å²) in [6, 6.07) is 15.2. The number of anilines is 2. The number of aryl methyl sites for hydroxylation is 1. The summed E-state index contributed by atoms with van der Waals surface area (Å²) in [4.78, 5) is 12.5. The molecular formula is C22H24N4O6S. The summed E-state index contributed by atoms with van der Waals surface area (Å²) in [7, 11) is -3.72. The van der Waals surface area contributed by atoms with E-state index in [0.717, 1.165) is 0 Å². The molecular weight excluding hydrogens is 448 g/mol. The maximum atomic E-state index is 13.1. The van der Waals surface area contributed by atoms with Crippen LogP contribution >= 0.6 is 0 Å². The Bertz CT molecular complexity index is 1210. The van der Waals surface area contributed by atoms with Gasteiger partial charge in [-0.3, -0.25) is 4.79 Å². The first-order chi connectivity index (χ1) is 15.9. The number of para-hydroxylation sites is 1. The molecule has 11 heteroatoms. The maximum Gasteiger partial charge on any atom is 0.244 e. The van der Waals surface area contributed by atoms with Crippen molar-refractivity contribution in [1.82, 2.24) is 9.46 Å². The molecule has 0 spiro atoms. The standard InChI is InChI=1S/C22H24N4O6S/c1-16-13-21(25-32-16)24-22(27)15-23-19-14-18(33(28,29)26-9-11-30-12-10-26)7-8-20(19)31-17-5-3-2-4-6-17/h2-8,13-14,23H,9-12,15H2,1H3,(H,24,25,27). The van der Waals surface area contributed by atoms with Gasteiger partial charge in [-0.25, -0.2) is 8.42 Å². The Kier molecular flexibility index (Phi) is 6.92. The van der Waals surface area contributed by atoms with Crippen molar-refractivity contribution >= 4 is 27.4 Å². The van der Waals surface area contributed by atoms with Crippen LogP contribution in [-0.4, -0.2) is 56.6 Å². The number of rotatable bonds is 8. The Morgan fingerprint density at radius 1 is 1.12 bits per heavy atom. The summed E-state index contributed by atoms with van der Waals surface area (Å²) in [5.41, 5.74) is 0.361. The number of amides is 1. The van der Waals surface area contributed by atoms with Crippen LogP contribution in [0.1, 0.15) is 5.76 Å². The molecule has 10 nitrogen and oxygen atoms in total. The van der Waals surface area contributed by atoms with Crippen molar-refractivity contribution < 1.29 is 27.2 Å². The third-order valence-electron chi connectivity index (χ3n) is 4.86. The molecule has 1 aliphatic rings. The fraction of sp³-hybridized carbons (Fsp3) is 0.273. The highest BCUT2D eigenvalue weighted by molar-refractivity contribution is 7.89. The molecule has 174 valence electrons. The molecule has 0 saturated carbocycles. The van der Waals surface area contributed by atoms with E-state index < -0.39 is 10.0 Å². The minimum Gasteiger partial charge on any atom is -0.455 e. The van der Waals surface area contributed by atoms with Crippen LogP contribution in [0, 0.1) is 6.92 Å². The lowest BCUT2D eigenvalue weighted by atomic mass is 10.2. The summed E-state index contributed by atoms with van der Waals surface area (Å²) < 4.78 is 43.7. The highest BCUT2D eigenvalue weighted by Gasteiger charge is 2.27. The minimum absolute atomic E-state index is 0.0971. The third-order valence-corrected chi connectivity index (χ3v) is 6.76. The molecule has 33 heavy (non-hydrogen) atoms. The molecule has 1 amide bonds. The van der Waals surface area contributed by atoms with Gasteiger partial charge in [0.2, 0.25) is 15.9 Å². The van der Waals surface area contributed by atoms with E-state index in [9.17, 15) is 13.2 Å². The number of hydrogen-bond donors (Lipinski definition) is 2. The van der Waals surface area contributed by atoms with Crippen molar-refractivity contribution in [3.8, 4) is 11.5 Å². The van der Waals surface area contributed by atoms with E-state index in [1.807, 2.05) is 18.2 Å². The molecule has 2 heterocycles. The second kappa shape index (κ2) is 10.0. The Morgan fingerprint density at radius 3 is 2.58 bits per heavy atom. The molecule has 0 bridgehead atoms. The van der Waals surface area contributed by atoms with Crippen LogP contribution in [0.3, 0.4) is 0 Å². The van der Waals surface area contributed by atoms with Gasteiger partial charge in [0.1, 0.15) is 11.5 Å². The Hall–Kier alpha value is -3.41. The SMILES string of the molecule is Cc1cc(NC(=O)CNc2cc(S(=O)(=O)N3CCOCC3)ccc2Oc2ccccc2)no1. The maximum absolute atomic E-state index is 13.1. The molecule has 0 radical (unpaired) electrons. The van der Waals surface area contributed by atoms with Gasteiger partial charge in [0.05, 0.1) is 30.3 Å². The van der Waals surface area contributed by atoms with Gasteiger partial charge in [-0.1, -0.05) is 23.4 Å². The predicted molar refractivity (Wildman–Crippen MR) is 121 cm³/mol. The first-order valence-electron chi connectivity index (χ1n) is 10.3. The first-order valence-corrected chi connectivity index (χ1v) is 11.8. The number of aromatic nitrogens is 1. The zero-order valence-electron chi connectivity index (χ0n) is 18.0. The lowest BCUT2D eigenvalue weighted by Gasteiger charge is -2.26. The van der Waals surface area contributed by atoms with Gasteiger partial charge >= 0.3 is 0 Å². The van der Waals surface area contributed by atoms with Crippen LogP contribution in [0.25, 0.3) is 0 Å². The molecule has 0 atom stereocenters. The Balaban J connectivity index is 1.56. The summed E-state index contributed by atoms with van der Waals surface area (Å²) in [5.74, 6) is 1.44. The van der Waals surface area contributed by atoms with E-state index in [1.165, 1.54) is 16.4 Å². The van der Waals surface area contributed by atoms with Crippen molar-refractivity contribution in [3.05, 3.63) is 60.4 Å². The number of hydrogen-bond acceptors (Lipinski definition) is 8. The van der Waals surface area contributed by atoms with E-state index in [-0.39, 0.29) is 30.4 Å². The molecule has 1 saturated heterocycles. The van der Waals surface area contributed by atoms with Gasteiger partial charge in [0.15, 0.2) is 11.6 Å². The van der Waals surface area contributed by atoms with Crippen molar-refractivity contribution in [2.45, 2.75) is 11.8 Å². The molecule has 1 aliphatic heterocycles. The highest BCUT2D eigenvalue weighted by Crippen LogP contribution is 2.32. The number of nitrogens with zero attached hydrogens (tertiary/aromatic N) is 2. The topological polar surface area (TPSA) is 123 Å². The second-order valence-corrected chi connectivity index (χ2v) is 9.25. The summed E-state index contributed by atoms with van der Waals surface area (Å²) in [5, 5.41) is 9.31. The first kappa shape index (κ1) is 22.8. The number of nitrogens with one attached hydrogen (secondary N) is 2. The van der Waals surface area contributed by atoms with Crippen LogP contribution in [0.2, 0.25) is 0 Å². The smallest absolute Gasteiger partial charge is 0.244 e. The van der Waals surface area contributed by atoms with Gasteiger partial charge in [0.25, 0.3) is 0 Å². The predicted octanol–water partition coefficient (Wildman–Crippen LogP) is 2.85. The van der Waals surface area contributed by atoms with Crippen molar-refractivity contribution in [1.29, 1.82) is 0 Å². The average Bonchev–Trinajstić information content (AvgIpc) is 3.24. The van der Waals surface area contributed by atoms with Gasteiger partial charge in [-0.05, 0) is 37.3 Å².